The molecule has 164 valence electrons. The van der Waals surface area contributed by atoms with Crippen LogP contribution in [0.15, 0.2) is 38.2 Å². The first kappa shape index (κ1) is 22.7. The number of anilines is 2. The van der Waals surface area contributed by atoms with Gasteiger partial charge in [0.2, 0.25) is 5.13 Å². The monoisotopic (exact) mass is 464 g/mol. The summed E-state index contributed by atoms with van der Waals surface area (Å²) < 4.78 is 15.6. The van der Waals surface area contributed by atoms with E-state index < -0.39 is 17.0 Å². The van der Waals surface area contributed by atoms with Crippen molar-refractivity contribution in [1.82, 2.24) is 19.3 Å². The maximum atomic E-state index is 13.0. The van der Waals surface area contributed by atoms with Gasteiger partial charge in [0, 0.05) is 20.1 Å². The molecule has 0 fully saturated rings. The number of Topliss-reactive ketones (excluding diaryl/α,β-unsaturated/α-hetero) is 1. The number of nitrogens with two attached hydrogens (primary N) is 1. The summed E-state index contributed by atoms with van der Waals surface area (Å²) >= 11 is 2.38. The van der Waals surface area contributed by atoms with Crippen LogP contribution < -0.4 is 22.3 Å². The van der Waals surface area contributed by atoms with E-state index in [4.69, 9.17) is 5.73 Å². The van der Waals surface area contributed by atoms with Crippen molar-refractivity contribution in [3.8, 4) is 0 Å². The zero-order valence-corrected chi connectivity index (χ0v) is 18.6. The van der Waals surface area contributed by atoms with Gasteiger partial charge >= 0.3 is 5.69 Å². The number of nitrogens with zero attached hydrogens (tertiary/aromatic N) is 4. The lowest BCUT2D eigenvalue weighted by molar-refractivity contribution is 0.102. The van der Waals surface area contributed by atoms with Gasteiger partial charge in [-0.3, -0.25) is 18.7 Å². The van der Waals surface area contributed by atoms with E-state index >= 15 is 0 Å². The summed E-state index contributed by atoms with van der Waals surface area (Å²) in [5.41, 5.74) is 5.41. The first-order valence-electron chi connectivity index (χ1n) is 9.39. The Morgan fingerprint density at radius 3 is 2.65 bits per heavy atom. The Morgan fingerprint density at radius 1 is 1.26 bits per heavy atom. The molecule has 2 heterocycles. The van der Waals surface area contributed by atoms with E-state index in [0.717, 1.165) is 21.9 Å². The van der Waals surface area contributed by atoms with Crippen molar-refractivity contribution >= 4 is 39.8 Å². The molecule has 0 aliphatic carbocycles. The van der Waals surface area contributed by atoms with Crippen molar-refractivity contribution < 1.29 is 9.18 Å². The molecule has 3 rings (SSSR count). The quantitative estimate of drug-likeness (QED) is 0.364. The molecule has 0 saturated carbocycles. The predicted molar refractivity (Wildman–Crippen MR) is 119 cm³/mol. The molecule has 9 nitrogen and oxygen atoms in total. The van der Waals surface area contributed by atoms with Crippen LogP contribution in [0.2, 0.25) is 0 Å². The molecule has 2 aromatic heterocycles. The average Bonchev–Trinajstić information content (AvgIpc) is 3.21. The number of ketones is 1. The van der Waals surface area contributed by atoms with Crippen LogP contribution in [0.1, 0.15) is 29.3 Å². The number of carbonyl (C=O) groups excluding carboxylic acids is 1. The van der Waals surface area contributed by atoms with Crippen molar-refractivity contribution in [3.05, 3.63) is 62.0 Å². The third-order valence-corrected chi connectivity index (χ3v) is 6.41. The number of hydrogen-bond acceptors (Lipinski definition) is 9. The Bertz CT molecular complexity index is 1200. The first-order valence-corrected chi connectivity index (χ1v) is 11.2. The second-order valence-corrected chi connectivity index (χ2v) is 8.82. The summed E-state index contributed by atoms with van der Waals surface area (Å²) in [7, 11) is 1.32. The van der Waals surface area contributed by atoms with Crippen molar-refractivity contribution in [3.63, 3.8) is 0 Å². The lowest BCUT2D eigenvalue weighted by Gasteiger charge is -2.13. The van der Waals surface area contributed by atoms with E-state index in [9.17, 15) is 18.8 Å². The van der Waals surface area contributed by atoms with Crippen LogP contribution in [-0.4, -0.2) is 30.9 Å². The Hall–Kier alpha value is -2.99. The van der Waals surface area contributed by atoms with Gasteiger partial charge in [-0.2, -0.15) is 0 Å². The lowest BCUT2D eigenvalue weighted by Crippen LogP contribution is -2.42. The molecule has 0 spiro atoms. The molecule has 0 saturated heterocycles. The Labute approximate surface area is 185 Å². The highest BCUT2D eigenvalue weighted by molar-refractivity contribution is 8.01. The normalized spacial score (nSPS) is 10.9. The number of benzene rings is 1. The van der Waals surface area contributed by atoms with Gasteiger partial charge in [-0.15, -0.1) is 10.2 Å². The minimum atomic E-state index is -0.709. The zero-order chi connectivity index (χ0) is 22.5. The van der Waals surface area contributed by atoms with Gasteiger partial charge in [0.15, 0.2) is 10.1 Å². The molecule has 0 unspecified atom stereocenters. The highest BCUT2D eigenvalue weighted by Gasteiger charge is 2.21. The number of hydrogen-bond donors (Lipinski definition) is 2. The maximum absolute atomic E-state index is 13.0. The predicted octanol–water partition coefficient (Wildman–Crippen LogP) is 2.12. The molecule has 12 heteroatoms. The summed E-state index contributed by atoms with van der Waals surface area (Å²) in [5, 5.41) is 11.7. The third-order valence-electron chi connectivity index (χ3n) is 4.40. The molecular weight excluding hydrogens is 443 g/mol. The minimum absolute atomic E-state index is 0.0731. The molecule has 0 aliphatic heterocycles. The van der Waals surface area contributed by atoms with Crippen LogP contribution in [0.5, 0.6) is 0 Å². The van der Waals surface area contributed by atoms with E-state index in [2.05, 4.69) is 15.5 Å². The fourth-order valence-corrected chi connectivity index (χ4v) is 4.42. The molecule has 0 aliphatic rings. The van der Waals surface area contributed by atoms with Gasteiger partial charge in [-0.1, -0.05) is 42.2 Å². The third kappa shape index (κ3) is 5.20. The summed E-state index contributed by atoms with van der Waals surface area (Å²) in [6.07, 6.45) is 0.628. The molecule has 0 atom stereocenters. The topological polar surface area (TPSA) is 125 Å². The maximum Gasteiger partial charge on any atom is 0.332 e. The van der Waals surface area contributed by atoms with E-state index in [1.165, 1.54) is 35.1 Å². The number of halogens is 1. The Balaban J connectivity index is 1.67. The molecular formula is C19H21FN6O3S2. The molecule has 3 aromatic rings. The standard InChI is InChI=1S/C19H21FN6O3S2/c1-3-8-26-15(21)14(16(28)25(2)19(26)29)13(27)10-30-18-24-23-17(31-18)22-9-11-4-6-12(20)7-5-11/h4-7H,3,8-10,21H2,1-2H3,(H,22,23). The molecule has 0 amide bonds. The van der Waals surface area contributed by atoms with Crippen molar-refractivity contribution in [2.24, 2.45) is 7.05 Å². The Kier molecular flexibility index (Phi) is 7.23. The summed E-state index contributed by atoms with van der Waals surface area (Å²) in [6, 6.07) is 6.09. The summed E-state index contributed by atoms with van der Waals surface area (Å²) in [6.45, 7) is 2.63. The van der Waals surface area contributed by atoms with Crippen molar-refractivity contribution in [2.75, 3.05) is 16.8 Å². The van der Waals surface area contributed by atoms with Crippen molar-refractivity contribution in [2.45, 2.75) is 30.8 Å². The molecule has 3 N–H and O–H groups in total. The van der Waals surface area contributed by atoms with Gasteiger partial charge in [-0.25, -0.2) is 9.18 Å². The largest absolute Gasteiger partial charge is 0.384 e. The summed E-state index contributed by atoms with van der Waals surface area (Å²) in [5.74, 6) is -0.969. The number of rotatable bonds is 9. The fourth-order valence-electron chi connectivity index (χ4n) is 2.80. The molecule has 0 bridgehead atoms. The molecule has 1 aromatic carbocycles. The highest BCUT2D eigenvalue weighted by Crippen LogP contribution is 2.26. The van der Waals surface area contributed by atoms with Gasteiger partial charge < -0.3 is 11.1 Å². The fraction of sp³-hybridized carbons (Fsp3) is 0.316. The van der Waals surface area contributed by atoms with Crippen LogP contribution in [0.3, 0.4) is 0 Å². The molecule has 31 heavy (non-hydrogen) atoms. The van der Waals surface area contributed by atoms with Crippen LogP contribution in [0, 0.1) is 5.82 Å². The van der Waals surface area contributed by atoms with E-state index in [1.807, 2.05) is 6.92 Å². The first-order chi connectivity index (χ1) is 14.8. The van der Waals surface area contributed by atoms with E-state index in [-0.39, 0.29) is 23.0 Å². The van der Waals surface area contributed by atoms with Gasteiger partial charge in [-0.05, 0) is 24.1 Å². The zero-order valence-electron chi connectivity index (χ0n) is 16.9. The van der Waals surface area contributed by atoms with Crippen LogP contribution in [0.25, 0.3) is 0 Å². The van der Waals surface area contributed by atoms with Crippen LogP contribution in [-0.2, 0) is 20.1 Å². The van der Waals surface area contributed by atoms with E-state index in [1.54, 1.807) is 12.1 Å². The average molecular weight is 465 g/mol. The molecule has 0 radical (unpaired) electrons. The number of carbonyl (C=O) groups is 1. The summed E-state index contributed by atoms with van der Waals surface area (Å²) in [4.78, 5) is 37.4. The van der Waals surface area contributed by atoms with Crippen molar-refractivity contribution in [1.29, 1.82) is 0 Å². The SMILES string of the molecule is CCCn1c(N)c(C(=O)CSc2nnc(NCc3ccc(F)cc3)s2)c(=O)n(C)c1=O. The van der Waals surface area contributed by atoms with Gasteiger partial charge in [0.05, 0.1) is 5.75 Å². The van der Waals surface area contributed by atoms with Crippen LogP contribution in [0.4, 0.5) is 15.3 Å². The second kappa shape index (κ2) is 9.88. The minimum Gasteiger partial charge on any atom is -0.384 e. The van der Waals surface area contributed by atoms with Crippen LogP contribution >= 0.6 is 23.1 Å². The highest BCUT2D eigenvalue weighted by atomic mass is 32.2. The smallest absolute Gasteiger partial charge is 0.332 e. The van der Waals surface area contributed by atoms with Gasteiger partial charge in [0.25, 0.3) is 5.56 Å². The number of aromatic nitrogens is 4. The number of nitrogen functional groups attached to an aromatic ring is 1. The second-order valence-electron chi connectivity index (χ2n) is 6.62. The Morgan fingerprint density at radius 2 is 1.97 bits per heavy atom. The van der Waals surface area contributed by atoms with Gasteiger partial charge in [0.1, 0.15) is 17.2 Å². The number of nitrogens with one attached hydrogen (secondary N) is 1. The lowest BCUT2D eigenvalue weighted by atomic mass is 10.2. The number of thioether (sulfide) groups is 1. The van der Waals surface area contributed by atoms with E-state index in [0.29, 0.717) is 29.0 Å².